The quantitative estimate of drug-likeness (QED) is 0.509. The molecule has 2 heterocycles. The van der Waals surface area contributed by atoms with E-state index in [4.69, 9.17) is 0 Å². The van der Waals surface area contributed by atoms with Crippen LogP contribution in [0.4, 0.5) is 11.4 Å². The number of hydrogen-bond acceptors (Lipinski definition) is 6. The van der Waals surface area contributed by atoms with E-state index in [-0.39, 0.29) is 17.0 Å². The number of carbonyl (C=O) groups excluding carboxylic acids is 2. The van der Waals surface area contributed by atoms with Crippen LogP contribution in [0, 0.1) is 10.1 Å². The number of rotatable bonds is 5. The fourth-order valence-electron chi connectivity index (χ4n) is 2.89. The Kier molecular flexibility index (Phi) is 3.94. The van der Waals surface area contributed by atoms with Gasteiger partial charge in [-0.15, -0.1) is 11.3 Å². The van der Waals surface area contributed by atoms with Crippen LogP contribution in [0.3, 0.4) is 0 Å². The Balaban J connectivity index is 2.07. The van der Waals surface area contributed by atoms with E-state index < -0.39 is 22.9 Å². The fraction of sp³-hybridized carbons (Fsp3) is 0.250. The average Bonchev–Trinajstić information content (AvgIpc) is 3.15. The molecule has 1 N–H and O–H groups in total. The fourth-order valence-corrected chi connectivity index (χ4v) is 3.56. The molecule has 2 aromatic rings. The molecular formula is C16H14N2O5S. The number of amides is 1. The number of thiophene rings is 1. The molecule has 0 bridgehead atoms. The number of anilines is 1. The van der Waals surface area contributed by atoms with Crippen LogP contribution in [0.25, 0.3) is 0 Å². The lowest BCUT2D eigenvalue weighted by molar-refractivity contribution is -0.385. The van der Waals surface area contributed by atoms with E-state index in [9.17, 15) is 24.8 Å². The number of Topliss-reactive ketones (excluding diaryl/α,β-unsaturated/α-hetero) is 1. The molecule has 1 aromatic carbocycles. The summed E-state index contributed by atoms with van der Waals surface area (Å²) in [5.41, 5.74) is -1.82. The molecule has 1 amide bonds. The Labute approximate surface area is 141 Å². The topological polar surface area (TPSA) is 101 Å². The predicted molar refractivity (Wildman–Crippen MR) is 88.3 cm³/mol. The first-order chi connectivity index (χ1) is 11.4. The highest BCUT2D eigenvalue weighted by molar-refractivity contribution is 7.12. The first-order valence-corrected chi connectivity index (χ1v) is 8.16. The first-order valence-electron chi connectivity index (χ1n) is 7.28. The highest BCUT2D eigenvalue weighted by atomic mass is 32.1. The van der Waals surface area contributed by atoms with Gasteiger partial charge in [-0.3, -0.25) is 19.7 Å². The van der Waals surface area contributed by atoms with Crippen LogP contribution < -0.4 is 4.90 Å². The molecule has 0 saturated carbocycles. The number of carbonyl (C=O) groups is 2. The number of ketones is 1. The third-order valence-electron chi connectivity index (χ3n) is 4.05. The summed E-state index contributed by atoms with van der Waals surface area (Å²) in [4.78, 5) is 37.2. The molecular weight excluding hydrogens is 332 g/mol. The maximum absolute atomic E-state index is 12.7. The minimum Gasteiger partial charge on any atom is -0.375 e. The van der Waals surface area contributed by atoms with Crippen molar-refractivity contribution in [3.63, 3.8) is 0 Å². The molecule has 8 heteroatoms. The van der Waals surface area contributed by atoms with Crippen molar-refractivity contribution < 1.29 is 19.6 Å². The molecule has 1 aliphatic rings. The Bertz CT molecular complexity index is 833. The van der Waals surface area contributed by atoms with E-state index in [1.54, 1.807) is 24.4 Å². The van der Waals surface area contributed by atoms with E-state index >= 15 is 0 Å². The van der Waals surface area contributed by atoms with Crippen molar-refractivity contribution in [1.29, 1.82) is 0 Å². The molecule has 1 aromatic heterocycles. The summed E-state index contributed by atoms with van der Waals surface area (Å²) < 4.78 is 0. The molecule has 3 rings (SSSR count). The van der Waals surface area contributed by atoms with Crippen LogP contribution in [0.1, 0.15) is 28.6 Å². The van der Waals surface area contributed by atoms with Gasteiger partial charge in [0.1, 0.15) is 0 Å². The standard InChI is InChI=1S/C16H14N2O5S/c1-2-17-12-6-5-10(18(22)23)8-11(12)16(21,15(17)20)9-13(19)14-4-3-7-24-14/h3-8,21H,2,9H2,1H3. The molecule has 1 unspecified atom stereocenters. The van der Waals surface area contributed by atoms with E-state index in [0.29, 0.717) is 17.1 Å². The summed E-state index contributed by atoms with van der Waals surface area (Å²) in [6, 6.07) is 7.20. The van der Waals surface area contributed by atoms with Gasteiger partial charge in [0.2, 0.25) is 0 Å². The van der Waals surface area contributed by atoms with Crippen molar-refractivity contribution in [3.05, 3.63) is 56.3 Å². The smallest absolute Gasteiger partial charge is 0.269 e. The van der Waals surface area contributed by atoms with Gasteiger partial charge in [-0.05, 0) is 24.4 Å². The maximum Gasteiger partial charge on any atom is 0.269 e. The molecule has 124 valence electrons. The van der Waals surface area contributed by atoms with Gasteiger partial charge in [0.05, 0.1) is 21.9 Å². The predicted octanol–water partition coefficient (Wildman–Crippen LogP) is 2.48. The number of aliphatic hydroxyl groups is 1. The van der Waals surface area contributed by atoms with E-state index in [2.05, 4.69) is 0 Å². The molecule has 1 atom stereocenters. The number of fused-ring (bicyclic) bond motifs is 1. The average molecular weight is 346 g/mol. The first kappa shape index (κ1) is 16.3. The minimum atomic E-state index is -2.08. The zero-order chi connectivity index (χ0) is 17.5. The van der Waals surface area contributed by atoms with Crippen LogP contribution in [-0.2, 0) is 10.4 Å². The number of hydrogen-bond donors (Lipinski definition) is 1. The van der Waals surface area contributed by atoms with Gasteiger partial charge >= 0.3 is 0 Å². The van der Waals surface area contributed by atoms with Crippen molar-refractivity contribution in [2.45, 2.75) is 18.9 Å². The number of likely N-dealkylation sites (N-methyl/N-ethyl adjacent to an activating group) is 1. The Morgan fingerprint density at radius 2 is 2.17 bits per heavy atom. The lowest BCUT2D eigenvalue weighted by Crippen LogP contribution is -2.41. The summed E-state index contributed by atoms with van der Waals surface area (Å²) >= 11 is 1.22. The summed E-state index contributed by atoms with van der Waals surface area (Å²) in [5.74, 6) is -1.01. The maximum atomic E-state index is 12.7. The largest absolute Gasteiger partial charge is 0.375 e. The molecule has 0 saturated heterocycles. The van der Waals surface area contributed by atoms with Gasteiger partial charge in [-0.1, -0.05) is 6.07 Å². The second-order valence-corrected chi connectivity index (χ2v) is 6.39. The van der Waals surface area contributed by atoms with Crippen LogP contribution in [-0.4, -0.2) is 28.3 Å². The normalized spacial score (nSPS) is 19.4. The third kappa shape index (κ3) is 2.40. The van der Waals surface area contributed by atoms with Gasteiger partial charge in [-0.2, -0.15) is 0 Å². The van der Waals surface area contributed by atoms with Gasteiger partial charge in [-0.25, -0.2) is 0 Å². The SMILES string of the molecule is CCN1C(=O)C(O)(CC(=O)c2cccs2)c2cc([N+](=O)[O-])ccc21. The highest BCUT2D eigenvalue weighted by Crippen LogP contribution is 2.44. The molecule has 24 heavy (non-hydrogen) atoms. The van der Waals surface area contributed by atoms with Crippen molar-refractivity contribution in [1.82, 2.24) is 0 Å². The number of nitrogens with zero attached hydrogens (tertiary/aromatic N) is 2. The summed E-state index contributed by atoms with van der Waals surface area (Å²) in [5, 5.41) is 23.7. The summed E-state index contributed by atoms with van der Waals surface area (Å²) in [6.45, 7) is 2.02. The van der Waals surface area contributed by atoms with Crippen LogP contribution in [0.2, 0.25) is 0 Å². The molecule has 0 spiro atoms. The van der Waals surface area contributed by atoms with Crippen LogP contribution >= 0.6 is 11.3 Å². The van der Waals surface area contributed by atoms with Gasteiger partial charge in [0.25, 0.3) is 11.6 Å². The van der Waals surface area contributed by atoms with E-state index in [1.807, 2.05) is 0 Å². The monoisotopic (exact) mass is 346 g/mol. The van der Waals surface area contributed by atoms with E-state index in [1.165, 1.54) is 34.4 Å². The zero-order valence-electron chi connectivity index (χ0n) is 12.8. The van der Waals surface area contributed by atoms with Gasteiger partial charge in [0, 0.05) is 24.2 Å². The lowest BCUT2D eigenvalue weighted by atomic mass is 9.89. The summed E-state index contributed by atoms with van der Waals surface area (Å²) in [7, 11) is 0. The molecule has 7 nitrogen and oxygen atoms in total. The number of nitro groups is 1. The van der Waals surface area contributed by atoms with E-state index in [0.717, 1.165) is 0 Å². The van der Waals surface area contributed by atoms with Crippen molar-refractivity contribution in [2.24, 2.45) is 0 Å². The molecule has 0 aliphatic carbocycles. The Hall–Kier alpha value is -2.58. The molecule has 0 fully saturated rings. The zero-order valence-corrected chi connectivity index (χ0v) is 13.6. The Morgan fingerprint density at radius 3 is 2.75 bits per heavy atom. The van der Waals surface area contributed by atoms with Gasteiger partial charge in [0.15, 0.2) is 11.4 Å². The van der Waals surface area contributed by atoms with Crippen molar-refractivity contribution in [3.8, 4) is 0 Å². The van der Waals surface area contributed by atoms with Crippen LogP contribution in [0.15, 0.2) is 35.7 Å². The van der Waals surface area contributed by atoms with Crippen molar-refractivity contribution >= 4 is 34.4 Å². The number of benzene rings is 1. The van der Waals surface area contributed by atoms with Crippen LogP contribution in [0.5, 0.6) is 0 Å². The number of non-ortho nitro benzene ring substituents is 1. The highest BCUT2D eigenvalue weighted by Gasteiger charge is 2.51. The summed E-state index contributed by atoms with van der Waals surface area (Å²) in [6.07, 6.45) is -0.447. The molecule has 1 aliphatic heterocycles. The van der Waals surface area contributed by atoms with Gasteiger partial charge < -0.3 is 10.0 Å². The Morgan fingerprint density at radius 1 is 1.42 bits per heavy atom. The van der Waals surface area contributed by atoms with Crippen molar-refractivity contribution in [2.75, 3.05) is 11.4 Å². The third-order valence-corrected chi connectivity index (χ3v) is 4.97. The lowest BCUT2D eigenvalue weighted by Gasteiger charge is -2.21. The molecule has 0 radical (unpaired) electrons. The second-order valence-electron chi connectivity index (χ2n) is 5.45. The second kappa shape index (κ2) is 5.81. The minimum absolute atomic E-state index is 0.105. The number of nitro benzene ring substituents is 1.